The molecule has 1 aliphatic rings. The molecule has 2 aromatic rings. The highest BCUT2D eigenvalue weighted by Gasteiger charge is 2.19. The smallest absolute Gasteiger partial charge is 0.222 e. The van der Waals surface area contributed by atoms with E-state index in [1.807, 2.05) is 23.1 Å². The first kappa shape index (κ1) is 23.2. The average molecular weight is 516 g/mol. The van der Waals surface area contributed by atoms with Gasteiger partial charge >= 0.3 is 0 Å². The first-order chi connectivity index (χ1) is 14.5. The lowest BCUT2D eigenvalue weighted by Gasteiger charge is -2.16. The zero-order valence-electron chi connectivity index (χ0n) is 16.8. The van der Waals surface area contributed by atoms with Crippen LogP contribution in [0.2, 0.25) is 10.0 Å². The van der Waals surface area contributed by atoms with Gasteiger partial charge in [-0.2, -0.15) is 0 Å². The minimum atomic E-state index is 0.277. The summed E-state index contributed by atoms with van der Waals surface area (Å²) in [6, 6.07) is 9.30. The number of amides is 1. The number of carbonyl (C=O) groups excluding carboxylic acids is 1. The first-order valence-electron chi connectivity index (χ1n) is 9.89. The lowest BCUT2D eigenvalue weighted by molar-refractivity contribution is -0.127. The number of halogens is 3. The highest BCUT2D eigenvalue weighted by molar-refractivity contribution is 9.10. The second-order valence-corrected chi connectivity index (χ2v) is 8.82. The van der Waals surface area contributed by atoms with E-state index in [1.54, 1.807) is 19.2 Å². The van der Waals surface area contributed by atoms with Crippen molar-refractivity contribution in [3.63, 3.8) is 0 Å². The molecule has 1 aliphatic heterocycles. The Hall–Kier alpha value is -1.47. The van der Waals surface area contributed by atoms with Crippen molar-refractivity contribution in [3.8, 4) is 11.5 Å². The van der Waals surface area contributed by atoms with E-state index in [-0.39, 0.29) is 5.91 Å². The summed E-state index contributed by atoms with van der Waals surface area (Å²) in [7, 11) is 1.62. The van der Waals surface area contributed by atoms with Crippen molar-refractivity contribution in [1.29, 1.82) is 0 Å². The maximum absolute atomic E-state index is 11.6. The fourth-order valence-electron chi connectivity index (χ4n) is 3.33. The predicted molar refractivity (Wildman–Crippen MR) is 124 cm³/mol. The van der Waals surface area contributed by atoms with Crippen LogP contribution in [0.15, 0.2) is 34.8 Å². The molecule has 0 unspecified atom stereocenters. The summed E-state index contributed by atoms with van der Waals surface area (Å²) in [6.07, 6.45) is 2.61. The van der Waals surface area contributed by atoms with Gasteiger partial charge in [-0.15, -0.1) is 0 Å². The fourth-order valence-corrected chi connectivity index (χ4v) is 4.12. The van der Waals surface area contributed by atoms with Crippen LogP contribution in [0.5, 0.6) is 11.5 Å². The molecule has 162 valence electrons. The van der Waals surface area contributed by atoms with Gasteiger partial charge < -0.3 is 19.7 Å². The molecule has 0 atom stereocenters. The van der Waals surface area contributed by atoms with Gasteiger partial charge in [-0.1, -0.05) is 45.2 Å². The predicted octanol–water partition coefficient (Wildman–Crippen LogP) is 5.45. The molecule has 2 aromatic carbocycles. The van der Waals surface area contributed by atoms with E-state index in [0.717, 1.165) is 48.1 Å². The molecule has 0 saturated carbocycles. The molecular formula is C22H25BrCl2N2O3. The van der Waals surface area contributed by atoms with E-state index in [2.05, 4.69) is 21.2 Å². The number of rotatable bonds is 10. The fraction of sp³-hybridized carbons (Fsp3) is 0.409. The molecule has 1 amide bonds. The van der Waals surface area contributed by atoms with Crippen molar-refractivity contribution in [2.45, 2.75) is 32.4 Å². The summed E-state index contributed by atoms with van der Waals surface area (Å²) in [4.78, 5) is 13.6. The number of likely N-dealkylation sites (tertiary alicyclic amines) is 1. The van der Waals surface area contributed by atoms with Crippen molar-refractivity contribution >= 4 is 45.0 Å². The number of hydrogen-bond acceptors (Lipinski definition) is 4. The second-order valence-electron chi connectivity index (χ2n) is 7.15. The largest absolute Gasteiger partial charge is 0.493 e. The average Bonchev–Trinajstić information content (AvgIpc) is 3.14. The zero-order chi connectivity index (χ0) is 21.5. The number of hydrogen-bond donors (Lipinski definition) is 1. The summed E-state index contributed by atoms with van der Waals surface area (Å²) >= 11 is 15.7. The Morgan fingerprint density at radius 2 is 2.00 bits per heavy atom. The van der Waals surface area contributed by atoms with Gasteiger partial charge in [-0.3, -0.25) is 4.79 Å². The van der Waals surface area contributed by atoms with Crippen molar-refractivity contribution in [3.05, 3.63) is 56.0 Å². The Kier molecular flexibility index (Phi) is 8.69. The summed E-state index contributed by atoms with van der Waals surface area (Å²) in [5.41, 5.74) is 2.00. The quantitative estimate of drug-likeness (QED) is 0.428. The van der Waals surface area contributed by atoms with Crippen LogP contribution in [0.1, 0.15) is 30.4 Å². The highest BCUT2D eigenvalue weighted by atomic mass is 79.9. The molecule has 1 saturated heterocycles. The van der Waals surface area contributed by atoms with Gasteiger partial charge in [0.05, 0.1) is 17.2 Å². The Labute approximate surface area is 195 Å². The van der Waals surface area contributed by atoms with E-state index in [1.165, 1.54) is 0 Å². The molecule has 3 rings (SSSR count). The minimum Gasteiger partial charge on any atom is -0.493 e. The molecule has 1 N–H and O–H groups in total. The monoisotopic (exact) mass is 514 g/mol. The molecule has 0 spiro atoms. The Morgan fingerprint density at radius 3 is 2.70 bits per heavy atom. The number of nitrogens with one attached hydrogen (secondary N) is 1. The molecule has 1 fully saturated rings. The molecule has 0 aliphatic carbocycles. The lowest BCUT2D eigenvalue weighted by atomic mass is 10.2. The summed E-state index contributed by atoms with van der Waals surface area (Å²) < 4.78 is 12.4. The number of methoxy groups -OCH3 is 1. The van der Waals surface area contributed by atoms with Crippen molar-refractivity contribution in [1.82, 2.24) is 10.2 Å². The van der Waals surface area contributed by atoms with Gasteiger partial charge in [0.25, 0.3) is 0 Å². The summed E-state index contributed by atoms with van der Waals surface area (Å²) in [6.45, 7) is 3.60. The third-order valence-electron chi connectivity index (χ3n) is 4.98. The molecule has 0 bridgehead atoms. The van der Waals surface area contributed by atoms with E-state index >= 15 is 0 Å². The van der Waals surface area contributed by atoms with Crippen LogP contribution in [0.4, 0.5) is 0 Å². The lowest BCUT2D eigenvalue weighted by Crippen LogP contribution is -2.28. The van der Waals surface area contributed by atoms with Crippen LogP contribution < -0.4 is 14.8 Å². The first-order valence-corrected chi connectivity index (χ1v) is 11.4. The number of carbonyl (C=O) groups is 1. The van der Waals surface area contributed by atoms with Gasteiger partial charge in [0.1, 0.15) is 6.61 Å². The van der Waals surface area contributed by atoms with Crippen LogP contribution in [0.3, 0.4) is 0 Å². The second kappa shape index (κ2) is 11.2. The molecule has 0 aromatic heterocycles. The Morgan fingerprint density at radius 1 is 1.17 bits per heavy atom. The van der Waals surface area contributed by atoms with E-state index in [4.69, 9.17) is 32.7 Å². The highest BCUT2D eigenvalue weighted by Crippen LogP contribution is 2.34. The maximum Gasteiger partial charge on any atom is 0.222 e. The van der Waals surface area contributed by atoms with Crippen molar-refractivity contribution < 1.29 is 14.3 Å². The standard InChI is InChI=1S/C22H25BrCl2N2O3/c1-29-20-11-16(13-26-7-3-9-27-8-2-4-22(27)28)17(23)12-21(20)30-14-15-5-6-18(24)19(25)10-15/h5-6,10-12,26H,2-4,7-9,13-14H2,1H3. The van der Waals surface area contributed by atoms with E-state index in [0.29, 0.717) is 41.1 Å². The normalized spacial score (nSPS) is 13.7. The molecule has 1 heterocycles. The molecular weight excluding hydrogens is 491 g/mol. The number of ether oxygens (including phenoxy) is 2. The summed E-state index contributed by atoms with van der Waals surface area (Å²) in [5, 5.41) is 4.45. The van der Waals surface area contributed by atoms with Crippen LogP contribution in [0, 0.1) is 0 Å². The molecule has 0 radical (unpaired) electrons. The number of nitrogens with zero attached hydrogens (tertiary/aromatic N) is 1. The van der Waals surface area contributed by atoms with Gasteiger partial charge in [0.15, 0.2) is 11.5 Å². The van der Waals surface area contributed by atoms with Gasteiger partial charge in [-0.05, 0) is 54.8 Å². The number of benzene rings is 2. The van der Waals surface area contributed by atoms with Crippen molar-refractivity contribution in [2.75, 3.05) is 26.7 Å². The van der Waals surface area contributed by atoms with Crippen LogP contribution in [-0.2, 0) is 17.9 Å². The third kappa shape index (κ3) is 6.27. The Bertz CT molecular complexity index is 895. The molecule has 30 heavy (non-hydrogen) atoms. The van der Waals surface area contributed by atoms with Gasteiger partial charge in [-0.25, -0.2) is 0 Å². The minimum absolute atomic E-state index is 0.277. The maximum atomic E-state index is 11.6. The van der Waals surface area contributed by atoms with E-state index in [9.17, 15) is 4.79 Å². The third-order valence-corrected chi connectivity index (χ3v) is 6.46. The van der Waals surface area contributed by atoms with Crippen molar-refractivity contribution in [2.24, 2.45) is 0 Å². The van der Waals surface area contributed by atoms with E-state index < -0.39 is 0 Å². The molecule has 8 heteroatoms. The van der Waals surface area contributed by atoms with Crippen LogP contribution in [0.25, 0.3) is 0 Å². The summed E-state index contributed by atoms with van der Waals surface area (Å²) in [5.74, 6) is 1.59. The van der Waals surface area contributed by atoms with Crippen LogP contribution in [-0.4, -0.2) is 37.6 Å². The molecule has 5 nitrogen and oxygen atoms in total. The zero-order valence-corrected chi connectivity index (χ0v) is 19.9. The van der Waals surface area contributed by atoms with Gasteiger partial charge in [0, 0.05) is 30.5 Å². The Balaban J connectivity index is 1.52. The topological polar surface area (TPSA) is 50.8 Å². The SMILES string of the molecule is COc1cc(CNCCCN2CCCC2=O)c(Br)cc1OCc1ccc(Cl)c(Cl)c1. The van der Waals surface area contributed by atoms with Gasteiger partial charge in [0.2, 0.25) is 5.91 Å². The van der Waals surface area contributed by atoms with Crippen LogP contribution >= 0.6 is 39.1 Å².